The van der Waals surface area contributed by atoms with E-state index in [0.29, 0.717) is 18.6 Å². The highest BCUT2D eigenvalue weighted by Crippen LogP contribution is 2.31. The molecule has 4 atom stereocenters. The lowest BCUT2D eigenvalue weighted by molar-refractivity contribution is -0.0995. The summed E-state index contributed by atoms with van der Waals surface area (Å²) in [5.41, 5.74) is 9.95. The molecule has 112 valence electrons. The van der Waals surface area contributed by atoms with Gasteiger partial charge in [0, 0.05) is 24.2 Å². The predicted molar refractivity (Wildman–Crippen MR) is 78.8 cm³/mol. The number of piperidine rings is 1. The van der Waals surface area contributed by atoms with Crippen molar-refractivity contribution in [2.45, 2.75) is 89.6 Å². The molecule has 0 aromatic heterocycles. The summed E-state index contributed by atoms with van der Waals surface area (Å²) in [4.78, 5) is 0. The Balaban J connectivity index is 2.08. The average Bonchev–Trinajstić information content (AvgIpc) is 2.33. The summed E-state index contributed by atoms with van der Waals surface area (Å²) in [6.07, 6.45) is 6.48. The van der Waals surface area contributed by atoms with Crippen molar-refractivity contribution in [1.82, 2.24) is 10.4 Å². The van der Waals surface area contributed by atoms with Gasteiger partial charge in [0.25, 0.3) is 0 Å². The van der Waals surface area contributed by atoms with Gasteiger partial charge in [-0.2, -0.15) is 0 Å². The van der Waals surface area contributed by atoms with Crippen molar-refractivity contribution < 1.29 is 4.74 Å². The van der Waals surface area contributed by atoms with Crippen molar-refractivity contribution in [3.05, 3.63) is 0 Å². The zero-order chi connectivity index (χ0) is 14.0. The van der Waals surface area contributed by atoms with Crippen LogP contribution in [-0.2, 0) is 4.74 Å². The summed E-state index contributed by atoms with van der Waals surface area (Å²) in [6, 6.07) is 1.20. The van der Waals surface area contributed by atoms with Crippen LogP contribution in [0.3, 0.4) is 0 Å². The first kappa shape index (κ1) is 15.2. The molecule has 2 aliphatic rings. The first-order valence-corrected chi connectivity index (χ1v) is 7.87. The summed E-state index contributed by atoms with van der Waals surface area (Å²) in [6.45, 7) is 9.63. The van der Waals surface area contributed by atoms with Gasteiger partial charge in [0.15, 0.2) is 0 Å². The van der Waals surface area contributed by atoms with Crippen LogP contribution in [-0.4, -0.2) is 41.4 Å². The molecule has 19 heavy (non-hydrogen) atoms. The second-order valence-electron chi connectivity index (χ2n) is 6.80. The van der Waals surface area contributed by atoms with Crippen LogP contribution in [0.1, 0.15) is 59.8 Å². The molecule has 0 aliphatic carbocycles. The van der Waals surface area contributed by atoms with Gasteiger partial charge in [0.1, 0.15) is 0 Å². The topological polar surface area (TPSA) is 50.5 Å². The van der Waals surface area contributed by atoms with Gasteiger partial charge in [-0.05, 0) is 53.4 Å². The minimum absolute atomic E-state index is 0.0109. The van der Waals surface area contributed by atoms with E-state index < -0.39 is 0 Å². The molecule has 4 unspecified atom stereocenters. The molecule has 0 amide bonds. The van der Waals surface area contributed by atoms with Crippen LogP contribution >= 0.6 is 0 Å². The molecular formula is C15H31N3O. The number of nitrogens with two attached hydrogens (primary N) is 1. The number of ether oxygens (including phenoxy) is 1. The molecule has 2 fully saturated rings. The van der Waals surface area contributed by atoms with Crippen LogP contribution in [0, 0.1) is 0 Å². The van der Waals surface area contributed by atoms with Gasteiger partial charge >= 0.3 is 0 Å². The summed E-state index contributed by atoms with van der Waals surface area (Å²) in [7, 11) is 0. The molecule has 4 heteroatoms. The van der Waals surface area contributed by atoms with E-state index in [4.69, 9.17) is 10.5 Å². The van der Waals surface area contributed by atoms with Gasteiger partial charge in [-0.15, -0.1) is 0 Å². The van der Waals surface area contributed by atoms with E-state index in [-0.39, 0.29) is 17.7 Å². The Hall–Kier alpha value is -0.160. The molecule has 0 aromatic carbocycles. The van der Waals surface area contributed by atoms with Crippen molar-refractivity contribution in [3.63, 3.8) is 0 Å². The number of nitrogens with one attached hydrogen (secondary N) is 1. The second-order valence-corrected chi connectivity index (χ2v) is 6.80. The minimum Gasteiger partial charge on any atom is -0.375 e. The van der Waals surface area contributed by atoms with E-state index in [1.54, 1.807) is 0 Å². The molecule has 0 bridgehead atoms. The van der Waals surface area contributed by atoms with E-state index in [0.717, 1.165) is 12.8 Å². The van der Waals surface area contributed by atoms with E-state index in [1.165, 1.54) is 19.3 Å². The Morgan fingerprint density at radius 1 is 1.11 bits per heavy atom. The van der Waals surface area contributed by atoms with Gasteiger partial charge in [-0.1, -0.05) is 6.42 Å². The van der Waals surface area contributed by atoms with Gasteiger partial charge in [-0.25, -0.2) is 10.4 Å². The molecule has 0 spiro atoms. The number of hydrazine groups is 1. The Morgan fingerprint density at radius 2 is 1.63 bits per heavy atom. The fraction of sp³-hybridized carbons (Fsp3) is 1.00. The third-order valence-corrected chi connectivity index (χ3v) is 4.77. The lowest BCUT2D eigenvalue weighted by atomic mass is 9.84. The van der Waals surface area contributed by atoms with Gasteiger partial charge < -0.3 is 10.5 Å². The molecule has 2 aliphatic heterocycles. The van der Waals surface area contributed by atoms with Crippen LogP contribution in [0.4, 0.5) is 0 Å². The highest BCUT2D eigenvalue weighted by atomic mass is 16.5. The fourth-order valence-electron chi connectivity index (χ4n) is 3.90. The normalized spacial score (nSPS) is 45.3. The van der Waals surface area contributed by atoms with Crippen molar-refractivity contribution in [2.24, 2.45) is 5.73 Å². The monoisotopic (exact) mass is 269 g/mol. The largest absolute Gasteiger partial charge is 0.375 e. The summed E-state index contributed by atoms with van der Waals surface area (Å²) >= 11 is 0. The van der Waals surface area contributed by atoms with E-state index in [1.807, 2.05) is 0 Å². The molecule has 2 heterocycles. The van der Waals surface area contributed by atoms with Crippen LogP contribution in [0.15, 0.2) is 0 Å². The van der Waals surface area contributed by atoms with E-state index in [9.17, 15) is 0 Å². The van der Waals surface area contributed by atoms with E-state index >= 15 is 0 Å². The van der Waals surface area contributed by atoms with Crippen LogP contribution in [0.25, 0.3) is 0 Å². The van der Waals surface area contributed by atoms with Crippen molar-refractivity contribution >= 4 is 0 Å². The van der Waals surface area contributed by atoms with Crippen LogP contribution in [0.2, 0.25) is 0 Å². The minimum atomic E-state index is 0.0109. The highest BCUT2D eigenvalue weighted by molar-refractivity contribution is 4.96. The first-order valence-electron chi connectivity index (χ1n) is 7.87. The zero-order valence-corrected chi connectivity index (χ0v) is 13.0. The Morgan fingerprint density at radius 3 is 2.11 bits per heavy atom. The van der Waals surface area contributed by atoms with Gasteiger partial charge in [-0.3, -0.25) is 0 Å². The van der Waals surface area contributed by atoms with Crippen LogP contribution in [0.5, 0.6) is 0 Å². The lowest BCUT2D eigenvalue weighted by Crippen LogP contribution is -2.66. The summed E-state index contributed by atoms with van der Waals surface area (Å²) in [5.74, 6) is 0. The third-order valence-electron chi connectivity index (χ3n) is 4.77. The smallest absolute Gasteiger partial charge is 0.0569 e. The highest BCUT2D eigenvalue weighted by Gasteiger charge is 2.40. The lowest BCUT2D eigenvalue weighted by Gasteiger charge is -2.50. The molecule has 2 saturated heterocycles. The number of nitrogens with zero attached hydrogens (tertiary/aromatic N) is 1. The number of hydrogen-bond donors (Lipinski definition) is 2. The fourth-order valence-corrected chi connectivity index (χ4v) is 3.90. The molecule has 4 nitrogen and oxygen atoms in total. The predicted octanol–water partition coefficient (Wildman–Crippen LogP) is 2.04. The van der Waals surface area contributed by atoms with Gasteiger partial charge in [0.05, 0.1) is 12.2 Å². The maximum Gasteiger partial charge on any atom is 0.0569 e. The molecular weight excluding hydrogens is 238 g/mol. The maximum absolute atomic E-state index is 6.13. The van der Waals surface area contributed by atoms with Gasteiger partial charge in [0.2, 0.25) is 0 Å². The average molecular weight is 269 g/mol. The van der Waals surface area contributed by atoms with E-state index in [2.05, 4.69) is 38.1 Å². The molecule has 3 N–H and O–H groups in total. The molecule has 2 rings (SSSR count). The first-order chi connectivity index (χ1) is 8.96. The zero-order valence-electron chi connectivity index (χ0n) is 13.0. The van der Waals surface area contributed by atoms with Crippen molar-refractivity contribution in [2.75, 3.05) is 6.54 Å². The summed E-state index contributed by atoms with van der Waals surface area (Å²) in [5, 5.41) is 2.46. The standard InChI is InChI=1S/C15H31N3O/c1-11-6-5-7-12(2)18(11)17-15(10-16)8-13(3)19-14(4)9-15/h11-14,17H,5-10,16H2,1-4H3. The van der Waals surface area contributed by atoms with Crippen molar-refractivity contribution in [1.29, 1.82) is 0 Å². The molecule has 0 saturated carbocycles. The maximum atomic E-state index is 6.13. The summed E-state index contributed by atoms with van der Waals surface area (Å²) < 4.78 is 5.87. The Bertz CT molecular complexity index is 277. The number of rotatable bonds is 3. The van der Waals surface area contributed by atoms with Crippen LogP contribution < -0.4 is 11.2 Å². The molecule has 0 radical (unpaired) electrons. The third kappa shape index (κ3) is 3.48. The second kappa shape index (κ2) is 6.08. The van der Waals surface area contributed by atoms with Crippen molar-refractivity contribution in [3.8, 4) is 0 Å². The molecule has 0 aromatic rings. The number of hydrogen-bond acceptors (Lipinski definition) is 4. The Kier molecular flexibility index (Phi) is 4.88. The quantitative estimate of drug-likeness (QED) is 0.823. The SMILES string of the molecule is CC1CC(CN)(NN2C(C)CCCC2C)CC(C)O1. The Labute approximate surface area is 118 Å².